The highest BCUT2D eigenvalue weighted by atomic mass is 16.3. The second-order valence-corrected chi connectivity index (χ2v) is 7.98. The fraction of sp³-hybridized carbons (Fsp3) is 0.526. The Balaban J connectivity index is 1.51. The van der Waals surface area contributed by atoms with Crippen molar-refractivity contribution in [2.45, 2.75) is 39.7 Å². The van der Waals surface area contributed by atoms with Crippen LogP contribution in [0, 0.1) is 6.92 Å². The minimum Gasteiger partial charge on any atom is -0.448 e. The Morgan fingerprint density at radius 1 is 1.12 bits per heavy atom. The molecule has 0 bridgehead atoms. The van der Waals surface area contributed by atoms with Gasteiger partial charge in [-0.3, -0.25) is 4.90 Å². The van der Waals surface area contributed by atoms with E-state index in [0.717, 1.165) is 61.2 Å². The molecule has 138 valence electrons. The van der Waals surface area contributed by atoms with Gasteiger partial charge < -0.3 is 9.32 Å². The third-order valence-electron chi connectivity index (χ3n) is 5.03. The minimum atomic E-state index is 0.0252. The van der Waals surface area contributed by atoms with E-state index in [9.17, 15) is 0 Å². The lowest BCUT2D eigenvalue weighted by atomic mass is 9.92. The fourth-order valence-electron chi connectivity index (χ4n) is 3.33. The predicted molar refractivity (Wildman–Crippen MR) is 100 cm³/mol. The molecule has 0 aromatic carbocycles. The average Bonchev–Trinajstić information content (AvgIpc) is 3.22. The standard InChI is InChI=1S/C19H26N6O/c1-14-15(21-13-26-14)12-23-7-9-24(10-8-23)18-16-11-17(19(2,3)4)22-25(16)6-5-20-18/h5-6,11,13H,7-10,12H2,1-4H3. The summed E-state index contributed by atoms with van der Waals surface area (Å²) in [5.41, 5.74) is 3.23. The number of fused-ring (bicyclic) bond motifs is 1. The lowest BCUT2D eigenvalue weighted by molar-refractivity contribution is 0.246. The van der Waals surface area contributed by atoms with Gasteiger partial charge in [-0.1, -0.05) is 20.8 Å². The van der Waals surface area contributed by atoms with Crippen LogP contribution in [0.4, 0.5) is 5.82 Å². The zero-order valence-electron chi connectivity index (χ0n) is 15.9. The predicted octanol–water partition coefficient (Wildman–Crippen LogP) is 2.65. The van der Waals surface area contributed by atoms with Crippen LogP contribution in [-0.2, 0) is 12.0 Å². The van der Waals surface area contributed by atoms with Crippen molar-refractivity contribution in [2.24, 2.45) is 0 Å². The highest BCUT2D eigenvalue weighted by Gasteiger charge is 2.24. The van der Waals surface area contributed by atoms with Crippen LogP contribution in [0.3, 0.4) is 0 Å². The van der Waals surface area contributed by atoms with Crippen molar-refractivity contribution in [3.05, 3.63) is 42.0 Å². The van der Waals surface area contributed by atoms with Crippen molar-refractivity contribution < 1.29 is 4.42 Å². The molecule has 1 fully saturated rings. The Morgan fingerprint density at radius 3 is 2.54 bits per heavy atom. The van der Waals surface area contributed by atoms with Gasteiger partial charge >= 0.3 is 0 Å². The summed E-state index contributed by atoms with van der Waals surface area (Å²) in [4.78, 5) is 13.7. The minimum absolute atomic E-state index is 0.0252. The van der Waals surface area contributed by atoms with Crippen LogP contribution in [0.15, 0.2) is 29.3 Å². The van der Waals surface area contributed by atoms with Crippen molar-refractivity contribution in [3.63, 3.8) is 0 Å². The molecule has 4 heterocycles. The van der Waals surface area contributed by atoms with E-state index in [1.54, 1.807) is 0 Å². The van der Waals surface area contributed by atoms with Crippen LogP contribution in [0.2, 0.25) is 0 Å². The molecule has 3 aromatic heterocycles. The van der Waals surface area contributed by atoms with Crippen LogP contribution in [0.5, 0.6) is 0 Å². The number of aromatic nitrogens is 4. The number of hydrogen-bond acceptors (Lipinski definition) is 6. The van der Waals surface area contributed by atoms with E-state index in [1.807, 2.05) is 23.8 Å². The molecular formula is C19H26N6O. The third-order valence-corrected chi connectivity index (χ3v) is 5.03. The number of anilines is 1. The monoisotopic (exact) mass is 354 g/mol. The zero-order valence-corrected chi connectivity index (χ0v) is 15.9. The molecule has 1 aliphatic rings. The molecule has 0 atom stereocenters. The summed E-state index contributed by atoms with van der Waals surface area (Å²) in [7, 11) is 0. The Bertz CT molecular complexity index is 898. The van der Waals surface area contributed by atoms with Crippen LogP contribution < -0.4 is 4.90 Å². The van der Waals surface area contributed by atoms with Crippen LogP contribution in [0.25, 0.3) is 5.52 Å². The van der Waals surface area contributed by atoms with Crippen molar-refractivity contribution in [1.29, 1.82) is 0 Å². The van der Waals surface area contributed by atoms with Crippen molar-refractivity contribution in [3.8, 4) is 0 Å². The van der Waals surface area contributed by atoms with E-state index in [0.29, 0.717) is 0 Å². The topological polar surface area (TPSA) is 62.7 Å². The van der Waals surface area contributed by atoms with Gasteiger partial charge in [0.15, 0.2) is 12.2 Å². The maximum atomic E-state index is 5.31. The molecule has 0 spiro atoms. The molecule has 1 saturated heterocycles. The van der Waals surface area contributed by atoms with Gasteiger partial charge in [0.1, 0.15) is 11.3 Å². The first-order valence-electron chi connectivity index (χ1n) is 9.13. The summed E-state index contributed by atoms with van der Waals surface area (Å²) in [6, 6.07) is 2.17. The first-order chi connectivity index (χ1) is 12.4. The first-order valence-corrected chi connectivity index (χ1v) is 9.13. The molecule has 4 rings (SSSR count). The smallest absolute Gasteiger partial charge is 0.181 e. The number of nitrogens with zero attached hydrogens (tertiary/aromatic N) is 6. The Labute approximate surface area is 153 Å². The normalized spacial score (nSPS) is 16.5. The van der Waals surface area contributed by atoms with Crippen molar-refractivity contribution >= 4 is 11.3 Å². The molecule has 3 aromatic rings. The molecule has 0 aliphatic carbocycles. The number of oxazole rings is 1. The van der Waals surface area contributed by atoms with Gasteiger partial charge in [0, 0.05) is 50.5 Å². The Kier molecular flexibility index (Phi) is 4.19. The van der Waals surface area contributed by atoms with Crippen molar-refractivity contribution in [1.82, 2.24) is 24.5 Å². The van der Waals surface area contributed by atoms with Crippen LogP contribution in [-0.4, -0.2) is 50.7 Å². The maximum absolute atomic E-state index is 5.31. The van der Waals surface area contributed by atoms with E-state index in [4.69, 9.17) is 9.52 Å². The summed E-state index contributed by atoms with van der Waals surface area (Å²) < 4.78 is 7.26. The van der Waals surface area contributed by atoms with E-state index < -0.39 is 0 Å². The molecule has 0 unspecified atom stereocenters. The van der Waals surface area contributed by atoms with E-state index in [1.165, 1.54) is 6.39 Å². The first kappa shape index (κ1) is 17.0. The Morgan fingerprint density at radius 2 is 1.88 bits per heavy atom. The van der Waals surface area contributed by atoms with Crippen LogP contribution in [0.1, 0.15) is 37.9 Å². The largest absolute Gasteiger partial charge is 0.448 e. The fourth-order valence-corrected chi connectivity index (χ4v) is 3.33. The molecule has 26 heavy (non-hydrogen) atoms. The van der Waals surface area contributed by atoms with Gasteiger partial charge in [0.2, 0.25) is 0 Å². The van der Waals surface area contributed by atoms with Gasteiger partial charge in [-0.2, -0.15) is 5.10 Å². The summed E-state index contributed by atoms with van der Waals surface area (Å²) in [5, 5.41) is 4.73. The lowest BCUT2D eigenvalue weighted by Crippen LogP contribution is -2.46. The highest BCUT2D eigenvalue weighted by Crippen LogP contribution is 2.27. The van der Waals surface area contributed by atoms with E-state index in [-0.39, 0.29) is 5.41 Å². The van der Waals surface area contributed by atoms with Gasteiger partial charge in [-0.15, -0.1) is 0 Å². The van der Waals surface area contributed by atoms with E-state index in [2.05, 4.69) is 46.6 Å². The lowest BCUT2D eigenvalue weighted by Gasteiger charge is -2.35. The van der Waals surface area contributed by atoms with E-state index >= 15 is 0 Å². The quantitative estimate of drug-likeness (QED) is 0.721. The third kappa shape index (κ3) is 3.19. The molecule has 0 N–H and O–H groups in total. The molecule has 0 amide bonds. The highest BCUT2D eigenvalue weighted by molar-refractivity contribution is 5.69. The summed E-state index contributed by atoms with van der Waals surface area (Å²) in [6.45, 7) is 13.2. The molecule has 7 nitrogen and oxygen atoms in total. The molecule has 0 saturated carbocycles. The summed E-state index contributed by atoms with van der Waals surface area (Å²) in [5.74, 6) is 1.93. The van der Waals surface area contributed by atoms with Gasteiger partial charge in [0.05, 0.1) is 11.4 Å². The van der Waals surface area contributed by atoms with Gasteiger partial charge in [0.25, 0.3) is 0 Å². The summed E-state index contributed by atoms with van der Waals surface area (Å²) in [6.07, 6.45) is 5.29. The van der Waals surface area contributed by atoms with Crippen LogP contribution >= 0.6 is 0 Å². The second kappa shape index (κ2) is 6.39. The molecule has 7 heteroatoms. The SMILES string of the molecule is Cc1ocnc1CN1CCN(c2nccn3nc(C(C)(C)C)cc23)CC1. The van der Waals surface area contributed by atoms with Gasteiger partial charge in [-0.05, 0) is 13.0 Å². The van der Waals surface area contributed by atoms with Gasteiger partial charge in [-0.25, -0.2) is 14.5 Å². The zero-order chi connectivity index (χ0) is 18.3. The number of hydrogen-bond donors (Lipinski definition) is 0. The Hall–Kier alpha value is -2.41. The molecule has 0 radical (unpaired) electrons. The van der Waals surface area contributed by atoms with Crippen molar-refractivity contribution in [2.75, 3.05) is 31.1 Å². The number of aryl methyl sites for hydroxylation is 1. The number of piperazine rings is 1. The number of rotatable bonds is 3. The summed E-state index contributed by atoms with van der Waals surface area (Å²) >= 11 is 0. The second-order valence-electron chi connectivity index (χ2n) is 7.98. The maximum Gasteiger partial charge on any atom is 0.181 e. The average molecular weight is 354 g/mol. The molecule has 1 aliphatic heterocycles. The molecular weight excluding hydrogens is 328 g/mol.